The van der Waals surface area contributed by atoms with Gasteiger partial charge in [0.15, 0.2) is 0 Å². The number of nitrogens with one attached hydrogen (secondary N) is 1. The highest BCUT2D eigenvalue weighted by atomic mass is 35.5. The van der Waals surface area contributed by atoms with Gasteiger partial charge < -0.3 is 15.2 Å². The summed E-state index contributed by atoms with van der Waals surface area (Å²) < 4.78 is 5.51. The molecule has 2 N–H and O–H groups in total. The number of para-hydroxylation sites is 1. The van der Waals surface area contributed by atoms with Crippen LogP contribution in [0.15, 0.2) is 42.5 Å². The largest absolute Gasteiger partial charge is 0.492 e. The molecule has 0 unspecified atom stereocenters. The third-order valence-electron chi connectivity index (χ3n) is 2.70. The van der Waals surface area contributed by atoms with Crippen molar-refractivity contribution >= 4 is 34.9 Å². The Kier molecular flexibility index (Phi) is 5.31. The minimum absolute atomic E-state index is 0.0345. The number of benzene rings is 2. The molecule has 0 aliphatic rings. The minimum Gasteiger partial charge on any atom is -0.492 e. The first-order valence-corrected chi connectivity index (χ1v) is 6.97. The minimum atomic E-state index is -1.09. The van der Waals surface area contributed by atoms with Crippen LogP contribution in [0, 0.1) is 0 Å². The van der Waals surface area contributed by atoms with E-state index in [1.54, 1.807) is 0 Å². The zero-order chi connectivity index (χ0) is 15.2. The molecular formula is C15H13Cl2NO3. The van der Waals surface area contributed by atoms with Crippen molar-refractivity contribution in [3.63, 3.8) is 0 Å². The van der Waals surface area contributed by atoms with E-state index in [0.717, 1.165) is 5.75 Å². The van der Waals surface area contributed by atoms with Crippen molar-refractivity contribution in [1.29, 1.82) is 0 Å². The van der Waals surface area contributed by atoms with Gasteiger partial charge >= 0.3 is 5.97 Å². The average Bonchev–Trinajstić information content (AvgIpc) is 2.45. The Hall–Kier alpha value is -1.91. The second-order valence-electron chi connectivity index (χ2n) is 4.20. The highest BCUT2D eigenvalue weighted by molar-refractivity contribution is 6.37. The molecule has 2 aromatic carbocycles. The molecule has 0 aliphatic carbocycles. The highest BCUT2D eigenvalue weighted by Gasteiger charge is 2.14. The molecule has 2 aromatic rings. The van der Waals surface area contributed by atoms with E-state index in [4.69, 9.17) is 33.0 Å². The number of carboxylic acid groups (broad SMARTS) is 1. The summed E-state index contributed by atoms with van der Waals surface area (Å²) in [5.74, 6) is -0.342. The second-order valence-corrected chi connectivity index (χ2v) is 5.05. The van der Waals surface area contributed by atoms with Crippen molar-refractivity contribution in [2.45, 2.75) is 0 Å². The fraction of sp³-hybridized carbons (Fsp3) is 0.133. The maximum absolute atomic E-state index is 11.2. The van der Waals surface area contributed by atoms with Crippen molar-refractivity contribution in [3.05, 3.63) is 58.1 Å². The summed E-state index contributed by atoms with van der Waals surface area (Å²) >= 11 is 11.8. The van der Waals surface area contributed by atoms with E-state index in [1.165, 1.54) is 12.1 Å². The van der Waals surface area contributed by atoms with E-state index < -0.39 is 5.97 Å². The molecule has 4 nitrogen and oxygen atoms in total. The second kappa shape index (κ2) is 7.20. The summed E-state index contributed by atoms with van der Waals surface area (Å²) in [6.45, 7) is 0.790. The van der Waals surface area contributed by atoms with Crippen molar-refractivity contribution in [3.8, 4) is 5.75 Å². The van der Waals surface area contributed by atoms with Crippen LogP contribution < -0.4 is 10.1 Å². The summed E-state index contributed by atoms with van der Waals surface area (Å²) in [6, 6.07) is 12.2. The number of carboxylic acids is 1. The van der Waals surface area contributed by atoms with Gasteiger partial charge in [-0.15, -0.1) is 0 Å². The van der Waals surface area contributed by atoms with Crippen LogP contribution in [0.2, 0.25) is 10.0 Å². The van der Waals surface area contributed by atoms with Gasteiger partial charge in [0.25, 0.3) is 0 Å². The molecule has 6 heteroatoms. The lowest BCUT2D eigenvalue weighted by Gasteiger charge is -2.12. The molecule has 0 fully saturated rings. The molecule has 0 atom stereocenters. The molecule has 110 valence electrons. The van der Waals surface area contributed by atoms with Gasteiger partial charge in [0.05, 0.1) is 16.3 Å². The molecule has 0 bridgehead atoms. The number of aromatic carboxylic acids is 1. The van der Waals surface area contributed by atoms with E-state index in [0.29, 0.717) is 18.8 Å². The van der Waals surface area contributed by atoms with Gasteiger partial charge in [-0.1, -0.05) is 41.4 Å². The van der Waals surface area contributed by atoms with Gasteiger partial charge in [-0.2, -0.15) is 0 Å². The zero-order valence-corrected chi connectivity index (χ0v) is 12.5. The first-order valence-electron chi connectivity index (χ1n) is 6.22. The molecule has 0 saturated carbocycles. The Bertz CT molecular complexity index is 632. The zero-order valence-electron chi connectivity index (χ0n) is 11.0. The molecule has 0 spiro atoms. The number of hydrogen-bond acceptors (Lipinski definition) is 3. The van der Waals surface area contributed by atoms with Crippen molar-refractivity contribution in [1.82, 2.24) is 0 Å². The third-order valence-corrected chi connectivity index (χ3v) is 3.22. The summed E-state index contributed by atoms with van der Waals surface area (Å²) in [4.78, 5) is 11.2. The summed E-state index contributed by atoms with van der Waals surface area (Å²) in [5, 5.41) is 12.7. The predicted octanol–water partition coefficient (Wildman–Crippen LogP) is 4.18. The van der Waals surface area contributed by atoms with Crippen molar-refractivity contribution < 1.29 is 14.6 Å². The normalized spacial score (nSPS) is 10.2. The predicted molar refractivity (Wildman–Crippen MR) is 83.8 cm³/mol. The Labute approximate surface area is 132 Å². The molecule has 0 saturated heterocycles. The number of halogens is 2. The summed E-state index contributed by atoms with van der Waals surface area (Å²) in [5.41, 5.74) is 0.373. The quantitative estimate of drug-likeness (QED) is 0.782. The number of carbonyl (C=O) groups is 1. The van der Waals surface area contributed by atoms with Gasteiger partial charge in [-0.05, 0) is 24.3 Å². The lowest BCUT2D eigenvalue weighted by molar-refractivity contribution is 0.0698. The molecule has 0 heterocycles. The van der Waals surface area contributed by atoms with Crippen LogP contribution in [0.1, 0.15) is 10.4 Å². The molecule has 0 radical (unpaired) electrons. The average molecular weight is 326 g/mol. The van der Waals surface area contributed by atoms with E-state index in [2.05, 4.69) is 5.32 Å². The molecule has 21 heavy (non-hydrogen) atoms. The van der Waals surface area contributed by atoms with E-state index >= 15 is 0 Å². The summed E-state index contributed by atoms with van der Waals surface area (Å²) in [6.07, 6.45) is 0. The van der Waals surface area contributed by atoms with Crippen LogP contribution in [-0.2, 0) is 0 Å². The third kappa shape index (κ3) is 4.28. The highest BCUT2D eigenvalue weighted by Crippen LogP contribution is 2.30. The topological polar surface area (TPSA) is 58.6 Å². The molecule has 0 amide bonds. The van der Waals surface area contributed by atoms with Crippen molar-refractivity contribution in [2.75, 3.05) is 18.5 Å². The van der Waals surface area contributed by atoms with Crippen LogP contribution in [0.5, 0.6) is 5.75 Å². The summed E-state index contributed by atoms with van der Waals surface area (Å²) in [7, 11) is 0. The van der Waals surface area contributed by atoms with Gasteiger partial charge in [-0.25, -0.2) is 4.79 Å². The number of hydrogen-bond donors (Lipinski definition) is 2. The van der Waals surface area contributed by atoms with Crippen LogP contribution in [0.3, 0.4) is 0 Å². The number of ether oxygens (including phenoxy) is 1. The molecular weight excluding hydrogens is 313 g/mol. The van der Waals surface area contributed by atoms with E-state index in [9.17, 15) is 4.79 Å². The SMILES string of the molecule is O=C(O)c1cc(Cl)cc(Cl)c1NCCOc1ccccc1. The van der Waals surface area contributed by atoms with Gasteiger partial charge in [0, 0.05) is 11.6 Å². The Balaban J connectivity index is 1.98. The van der Waals surface area contributed by atoms with Crippen LogP contribution in [-0.4, -0.2) is 24.2 Å². The molecule has 0 aromatic heterocycles. The lowest BCUT2D eigenvalue weighted by Crippen LogP contribution is -2.14. The number of rotatable bonds is 6. The maximum atomic E-state index is 11.2. The Morgan fingerprint density at radius 3 is 2.57 bits per heavy atom. The van der Waals surface area contributed by atoms with Gasteiger partial charge in [-0.3, -0.25) is 0 Å². The molecule has 2 rings (SSSR count). The van der Waals surface area contributed by atoms with Crippen LogP contribution >= 0.6 is 23.2 Å². The fourth-order valence-corrected chi connectivity index (χ4v) is 2.34. The van der Waals surface area contributed by atoms with Crippen LogP contribution in [0.25, 0.3) is 0 Å². The number of anilines is 1. The Morgan fingerprint density at radius 1 is 1.19 bits per heavy atom. The van der Waals surface area contributed by atoms with Gasteiger partial charge in [0.2, 0.25) is 0 Å². The standard InChI is InChI=1S/C15H13Cl2NO3/c16-10-8-12(15(19)20)14(13(17)9-10)18-6-7-21-11-4-2-1-3-5-11/h1-5,8-9,18H,6-7H2,(H,19,20). The smallest absolute Gasteiger partial charge is 0.337 e. The molecule has 0 aliphatic heterocycles. The van der Waals surface area contributed by atoms with Crippen LogP contribution in [0.4, 0.5) is 5.69 Å². The first-order chi connectivity index (χ1) is 10.1. The van der Waals surface area contributed by atoms with Gasteiger partial charge in [0.1, 0.15) is 12.4 Å². The first kappa shape index (κ1) is 15.5. The lowest BCUT2D eigenvalue weighted by atomic mass is 10.2. The maximum Gasteiger partial charge on any atom is 0.337 e. The monoisotopic (exact) mass is 325 g/mol. The van der Waals surface area contributed by atoms with E-state index in [1.807, 2.05) is 30.3 Å². The van der Waals surface area contributed by atoms with Crippen molar-refractivity contribution in [2.24, 2.45) is 0 Å². The van der Waals surface area contributed by atoms with E-state index in [-0.39, 0.29) is 15.6 Å². The Morgan fingerprint density at radius 2 is 1.90 bits per heavy atom. The fourth-order valence-electron chi connectivity index (χ4n) is 1.78.